The maximum absolute atomic E-state index is 12.4. The molecule has 6 nitrogen and oxygen atoms in total. The third kappa shape index (κ3) is 3.32. The lowest BCUT2D eigenvalue weighted by molar-refractivity contribution is -0.132. The van der Waals surface area contributed by atoms with Crippen LogP contribution in [-0.4, -0.2) is 43.5 Å². The van der Waals surface area contributed by atoms with Crippen molar-refractivity contribution in [3.63, 3.8) is 0 Å². The van der Waals surface area contributed by atoms with Gasteiger partial charge in [-0.2, -0.15) is 10.2 Å². The van der Waals surface area contributed by atoms with E-state index in [4.69, 9.17) is 0 Å². The van der Waals surface area contributed by atoms with Crippen LogP contribution >= 0.6 is 0 Å². The Balaban J connectivity index is 1.54. The minimum atomic E-state index is 0.232. The van der Waals surface area contributed by atoms with Crippen molar-refractivity contribution < 1.29 is 4.79 Å². The van der Waals surface area contributed by atoms with Crippen LogP contribution in [0.4, 0.5) is 0 Å². The van der Waals surface area contributed by atoms with Crippen LogP contribution in [0.25, 0.3) is 0 Å². The second-order valence-electron chi connectivity index (χ2n) is 5.64. The molecular formula is C15H21N5O. The molecule has 2 aromatic rings. The first kappa shape index (κ1) is 13.9. The Kier molecular flexibility index (Phi) is 4.03. The molecule has 112 valence electrons. The number of hydrogen-bond acceptors (Lipinski definition) is 3. The lowest BCUT2D eigenvalue weighted by Gasteiger charge is -2.33. The van der Waals surface area contributed by atoms with Gasteiger partial charge in [0, 0.05) is 45.1 Å². The number of carbonyl (C=O) groups is 1. The van der Waals surface area contributed by atoms with E-state index < -0.39 is 0 Å². The summed E-state index contributed by atoms with van der Waals surface area (Å²) < 4.78 is 3.75. The Hall–Kier alpha value is -2.11. The predicted molar refractivity (Wildman–Crippen MR) is 78.6 cm³/mol. The number of nitrogens with zero attached hydrogens (tertiary/aromatic N) is 5. The highest BCUT2D eigenvalue weighted by Crippen LogP contribution is 2.21. The minimum Gasteiger partial charge on any atom is -0.341 e. The third-order valence-corrected chi connectivity index (χ3v) is 4.03. The monoisotopic (exact) mass is 287 g/mol. The molecule has 1 atom stereocenters. The van der Waals surface area contributed by atoms with Gasteiger partial charge in [-0.15, -0.1) is 0 Å². The van der Waals surface area contributed by atoms with Crippen LogP contribution in [0.2, 0.25) is 0 Å². The number of aryl methyl sites for hydroxylation is 2. The van der Waals surface area contributed by atoms with Gasteiger partial charge in [0.1, 0.15) is 0 Å². The fraction of sp³-hybridized carbons (Fsp3) is 0.533. The van der Waals surface area contributed by atoms with Crippen molar-refractivity contribution >= 4 is 5.91 Å². The van der Waals surface area contributed by atoms with Gasteiger partial charge in [-0.3, -0.25) is 14.2 Å². The molecule has 0 radical (unpaired) electrons. The van der Waals surface area contributed by atoms with Gasteiger partial charge >= 0.3 is 0 Å². The first-order valence-electron chi connectivity index (χ1n) is 7.47. The second kappa shape index (κ2) is 6.11. The molecule has 21 heavy (non-hydrogen) atoms. The highest BCUT2D eigenvalue weighted by atomic mass is 16.2. The molecule has 3 heterocycles. The number of aromatic nitrogens is 4. The first-order valence-corrected chi connectivity index (χ1v) is 7.47. The number of hydrogen-bond donors (Lipinski definition) is 0. The van der Waals surface area contributed by atoms with E-state index in [-0.39, 0.29) is 5.91 Å². The average Bonchev–Trinajstić information content (AvgIpc) is 3.16. The zero-order chi connectivity index (χ0) is 14.7. The molecule has 0 saturated carbocycles. The Labute approximate surface area is 124 Å². The van der Waals surface area contributed by atoms with Crippen molar-refractivity contribution in [1.29, 1.82) is 0 Å². The number of amides is 1. The fourth-order valence-electron chi connectivity index (χ4n) is 2.90. The zero-order valence-electron chi connectivity index (χ0n) is 12.4. The summed E-state index contributed by atoms with van der Waals surface area (Å²) in [5, 5.41) is 8.43. The summed E-state index contributed by atoms with van der Waals surface area (Å²) in [6.45, 7) is 1.64. The normalized spacial score (nSPS) is 18.9. The Morgan fingerprint density at radius 1 is 1.43 bits per heavy atom. The molecule has 1 amide bonds. The summed E-state index contributed by atoms with van der Waals surface area (Å²) >= 11 is 0. The fourth-order valence-corrected chi connectivity index (χ4v) is 2.90. The lowest BCUT2D eigenvalue weighted by atomic mass is 10.0. The maximum Gasteiger partial charge on any atom is 0.222 e. The van der Waals surface area contributed by atoms with Gasteiger partial charge in [-0.1, -0.05) is 0 Å². The Morgan fingerprint density at radius 2 is 2.33 bits per heavy atom. The smallest absolute Gasteiger partial charge is 0.222 e. The molecule has 0 N–H and O–H groups in total. The summed E-state index contributed by atoms with van der Waals surface area (Å²) in [7, 11) is 1.89. The SMILES string of the molecule is Cn1cc(CCC(=O)N2CCC[C@@H](n3cccn3)C2)cn1. The van der Waals surface area contributed by atoms with Gasteiger partial charge < -0.3 is 4.90 Å². The Morgan fingerprint density at radius 3 is 3.05 bits per heavy atom. The third-order valence-electron chi connectivity index (χ3n) is 4.03. The van der Waals surface area contributed by atoms with Crippen LogP contribution in [-0.2, 0) is 18.3 Å². The van der Waals surface area contributed by atoms with Gasteiger partial charge in [-0.05, 0) is 30.9 Å². The number of likely N-dealkylation sites (tertiary alicyclic amines) is 1. The minimum absolute atomic E-state index is 0.232. The quantitative estimate of drug-likeness (QED) is 0.854. The van der Waals surface area contributed by atoms with Crippen molar-refractivity contribution in [2.75, 3.05) is 13.1 Å². The van der Waals surface area contributed by atoms with Crippen molar-refractivity contribution in [3.8, 4) is 0 Å². The highest BCUT2D eigenvalue weighted by Gasteiger charge is 2.24. The van der Waals surface area contributed by atoms with Crippen LogP contribution in [0.5, 0.6) is 0 Å². The van der Waals surface area contributed by atoms with Crippen LogP contribution < -0.4 is 0 Å². The molecule has 1 aliphatic heterocycles. The van der Waals surface area contributed by atoms with E-state index in [1.807, 2.05) is 41.3 Å². The molecule has 0 aliphatic carbocycles. The van der Waals surface area contributed by atoms with E-state index in [0.717, 1.165) is 37.9 Å². The molecule has 1 fully saturated rings. The van der Waals surface area contributed by atoms with E-state index in [2.05, 4.69) is 10.2 Å². The van der Waals surface area contributed by atoms with Crippen molar-refractivity contribution in [1.82, 2.24) is 24.5 Å². The van der Waals surface area contributed by atoms with E-state index >= 15 is 0 Å². The number of carbonyl (C=O) groups excluding carboxylic acids is 1. The maximum atomic E-state index is 12.4. The molecule has 0 spiro atoms. The van der Waals surface area contributed by atoms with Gasteiger partial charge in [0.05, 0.1) is 12.2 Å². The topological polar surface area (TPSA) is 56.0 Å². The van der Waals surface area contributed by atoms with Crippen molar-refractivity contribution in [2.24, 2.45) is 7.05 Å². The lowest BCUT2D eigenvalue weighted by Crippen LogP contribution is -2.40. The first-order chi connectivity index (χ1) is 10.2. The summed E-state index contributed by atoms with van der Waals surface area (Å²) in [5.74, 6) is 0.232. The van der Waals surface area contributed by atoms with Gasteiger partial charge in [0.15, 0.2) is 0 Å². The number of piperidine rings is 1. The predicted octanol–water partition coefficient (Wildman–Crippen LogP) is 1.41. The van der Waals surface area contributed by atoms with E-state index in [9.17, 15) is 4.79 Å². The highest BCUT2D eigenvalue weighted by molar-refractivity contribution is 5.76. The molecule has 0 unspecified atom stereocenters. The van der Waals surface area contributed by atoms with Crippen LogP contribution in [0.3, 0.4) is 0 Å². The molecule has 0 bridgehead atoms. The largest absolute Gasteiger partial charge is 0.341 e. The molecule has 1 aliphatic rings. The molecule has 2 aromatic heterocycles. The van der Waals surface area contributed by atoms with Crippen LogP contribution in [0.1, 0.15) is 30.9 Å². The van der Waals surface area contributed by atoms with Gasteiger partial charge in [0.25, 0.3) is 0 Å². The molecule has 6 heteroatoms. The summed E-state index contributed by atoms with van der Waals surface area (Å²) in [4.78, 5) is 14.3. The Bertz CT molecular complexity index is 589. The van der Waals surface area contributed by atoms with Crippen LogP contribution in [0.15, 0.2) is 30.9 Å². The van der Waals surface area contributed by atoms with Crippen molar-refractivity contribution in [3.05, 3.63) is 36.4 Å². The molecule has 3 rings (SSSR count). The van der Waals surface area contributed by atoms with E-state index in [1.165, 1.54) is 0 Å². The summed E-state index contributed by atoms with van der Waals surface area (Å²) in [5.41, 5.74) is 1.12. The van der Waals surface area contributed by atoms with Crippen molar-refractivity contribution in [2.45, 2.75) is 31.7 Å². The van der Waals surface area contributed by atoms with Gasteiger partial charge in [0.2, 0.25) is 5.91 Å². The second-order valence-corrected chi connectivity index (χ2v) is 5.64. The number of rotatable bonds is 4. The molecule has 1 saturated heterocycles. The zero-order valence-corrected chi connectivity index (χ0v) is 12.4. The van der Waals surface area contributed by atoms with Crippen LogP contribution in [0, 0.1) is 0 Å². The van der Waals surface area contributed by atoms with E-state index in [0.29, 0.717) is 12.5 Å². The standard InChI is InChI=1S/C15H21N5O/c1-18-11-13(10-17-18)5-6-15(21)19-8-2-4-14(12-19)20-9-3-7-16-20/h3,7,9-11,14H,2,4-6,8,12H2,1H3/t14-/m1/s1. The van der Waals surface area contributed by atoms with E-state index in [1.54, 1.807) is 10.9 Å². The molecule has 0 aromatic carbocycles. The average molecular weight is 287 g/mol. The molecular weight excluding hydrogens is 266 g/mol. The summed E-state index contributed by atoms with van der Waals surface area (Å²) in [6.07, 6.45) is 11.0. The summed E-state index contributed by atoms with van der Waals surface area (Å²) in [6, 6.07) is 2.25. The van der Waals surface area contributed by atoms with Gasteiger partial charge in [-0.25, -0.2) is 0 Å².